The molecule has 39 heavy (non-hydrogen) atoms. The molecule has 208 valence electrons. The number of H-pyrrole nitrogens is 1. The summed E-state index contributed by atoms with van der Waals surface area (Å²) in [6, 6.07) is 9.75. The maximum Gasteiger partial charge on any atom is 0.416 e. The quantitative estimate of drug-likeness (QED) is 0.280. The molecule has 2 aromatic carbocycles. The van der Waals surface area contributed by atoms with Crippen molar-refractivity contribution in [3.05, 3.63) is 66.5 Å². The third kappa shape index (κ3) is 6.17. The molecule has 3 aromatic rings. The molecule has 5 rings (SSSR count). The van der Waals surface area contributed by atoms with E-state index in [-0.39, 0.29) is 47.7 Å². The number of aromatic amines is 1. The van der Waals surface area contributed by atoms with Crippen molar-refractivity contribution in [2.75, 3.05) is 49.5 Å². The first kappa shape index (κ1) is 26.9. The van der Waals surface area contributed by atoms with Crippen molar-refractivity contribution in [2.24, 2.45) is 0 Å². The number of anilines is 2. The summed E-state index contributed by atoms with van der Waals surface area (Å²) in [5, 5.41) is 12.8. The SMILES string of the molecule is C=CCO[C@H]1CN(C2CCN(c3ccc(F)cc3)C2)C[C@@H]1NC(=O)CNc1n[nH]c2ccc(C(F)(F)F)cc12. The first-order valence-corrected chi connectivity index (χ1v) is 12.8. The van der Waals surface area contributed by atoms with Crippen LogP contribution in [0.1, 0.15) is 12.0 Å². The molecule has 3 heterocycles. The van der Waals surface area contributed by atoms with Crippen molar-refractivity contribution in [3.8, 4) is 0 Å². The largest absolute Gasteiger partial charge is 0.416 e. The lowest BCUT2D eigenvalue weighted by Crippen LogP contribution is -2.46. The molecule has 12 heteroatoms. The van der Waals surface area contributed by atoms with Gasteiger partial charge in [0.25, 0.3) is 0 Å². The van der Waals surface area contributed by atoms with Crippen molar-refractivity contribution in [1.29, 1.82) is 0 Å². The highest BCUT2D eigenvalue weighted by molar-refractivity contribution is 5.92. The molecule has 2 aliphatic rings. The molecule has 2 saturated heterocycles. The number of ether oxygens (including phenoxy) is 1. The Morgan fingerprint density at radius 3 is 2.72 bits per heavy atom. The van der Waals surface area contributed by atoms with Crippen LogP contribution in [0.15, 0.2) is 55.1 Å². The second-order valence-electron chi connectivity index (χ2n) is 9.84. The van der Waals surface area contributed by atoms with Gasteiger partial charge < -0.3 is 20.3 Å². The van der Waals surface area contributed by atoms with Crippen molar-refractivity contribution in [1.82, 2.24) is 20.4 Å². The molecular weight excluding hydrogens is 516 g/mol. The van der Waals surface area contributed by atoms with Crippen LogP contribution in [0.3, 0.4) is 0 Å². The van der Waals surface area contributed by atoms with Crippen LogP contribution in [-0.4, -0.2) is 78.5 Å². The number of nitrogens with zero attached hydrogens (tertiary/aromatic N) is 3. The maximum absolute atomic E-state index is 13.3. The number of amides is 1. The summed E-state index contributed by atoms with van der Waals surface area (Å²) in [6.45, 7) is 6.75. The molecule has 3 N–H and O–H groups in total. The topological polar surface area (TPSA) is 85.5 Å². The van der Waals surface area contributed by atoms with Crippen LogP contribution in [0.5, 0.6) is 0 Å². The van der Waals surface area contributed by atoms with Gasteiger partial charge in [-0.15, -0.1) is 6.58 Å². The second-order valence-corrected chi connectivity index (χ2v) is 9.84. The fourth-order valence-electron chi connectivity index (χ4n) is 5.27. The van der Waals surface area contributed by atoms with Gasteiger partial charge in [-0.3, -0.25) is 14.8 Å². The lowest BCUT2D eigenvalue weighted by molar-refractivity contribution is -0.137. The van der Waals surface area contributed by atoms with E-state index in [1.54, 1.807) is 18.2 Å². The first-order chi connectivity index (χ1) is 18.7. The zero-order valence-corrected chi connectivity index (χ0v) is 21.2. The average Bonchev–Trinajstić information content (AvgIpc) is 3.64. The van der Waals surface area contributed by atoms with Gasteiger partial charge >= 0.3 is 6.18 Å². The number of hydrogen-bond donors (Lipinski definition) is 3. The third-order valence-electron chi connectivity index (χ3n) is 7.25. The van der Waals surface area contributed by atoms with Crippen molar-refractivity contribution in [3.63, 3.8) is 0 Å². The summed E-state index contributed by atoms with van der Waals surface area (Å²) in [4.78, 5) is 17.4. The normalized spacial score (nSPS) is 21.9. The lowest BCUT2D eigenvalue weighted by Gasteiger charge is -2.25. The monoisotopic (exact) mass is 546 g/mol. The number of likely N-dealkylation sites (tertiary alicyclic amines) is 1. The Kier molecular flexibility index (Phi) is 7.76. The number of carbonyl (C=O) groups excluding carboxylic acids is 1. The number of carbonyl (C=O) groups is 1. The third-order valence-corrected chi connectivity index (χ3v) is 7.25. The number of hydrogen-bond acceptors (Lipinski definition) is 6. The van der Waals surface area contributed by atoms with Gasteiger partial charge in [-0.05, 0) is 48.9 Å². The van der Waals surface area contributed by atoms with Gasteiger partial charge in [-0.1, -0.05) is 6.08 Å². The number of fused-ring (bicyclic) bond motifs is 1. The minimum Gasteiger partial charge on any atom is -0.371 e. The van der Waals surface area contributed by atoms with E-state index in [4.69, 9.17) is 4.74 Å². The van der Waals surface area contributed by atoms with Gasteiger partial charge in [0, 0.05) is 43.3 Å². The van der Waals surface area contributed by atoms with E-state index in [2.05, 4.69) is 37.2 Å². The Morgan fingerprint density at radius 1 is 1.18 bits per heavy atom. The van der Waals surface area contributed by atoms with Crippen LogP contribution < -0.4 is 15.5 Å². The van der Waals surface area contributed by atoms with Gasteiger partial charge in [-0.2, -0.15) is 18.3 Å². The van der Waals surface area contributed by atoms with E-state index in [0.717, 1.165) is 37.3 Å². The van der Waals surface area contributed by atoms with Crippen LogP contribution >= 0.6 is 0 Å². The minimum absolute atomic E-state index is 0.164. The average molecular weight is 547 g/mol. The molecule has 1 amide bonds. The summed E-state index contributed by atoms with van der Waals surface area (Å²) in [5.41, 5.74) is 0.616. The molecule has 0 radical (unpaired) electrons. The standard InChI is InChI=1S/C27H30F4N6O2/c1-2-11-39-24-16-37(20-9-10-36(14-20)19-6-4-18(28)5-7-19)15-23(24)33-25(38)13-32-26-21-12-17(27(29,30)31)3-8-22(21)34-35-26/h2-8,12,20,23-24H,1,9-11,13-16H2,(H,33,38)(H2,32,34,35)/t20?,23-,24-/m0/s1. The second kappa shape index (κ2) is 11.2. The lowest BCUT2D eigenvalue weighted by atomic mass is 10.1. The van der Waals surface area contributed by atoms with E-state index < -0.39 is 11.7 Å². The highest BCUT2D eigenvalue weighted by Gasteiger charge is 2.39. The molecule has 1 aromatic heterocycles. The molecular formula is C27H30F4N6O2. The molecule has 0 bridgehead atoms. The van der Waals surface area contributed by atoms with Crippen LogP contribution in [0, 0.1) is 5.82 Å². The maximum atomic E-state index is 13.3. The van der Waals surface area contributed by atoms with E-state index in [0.29, 0.717) is 25.2 Å². The first-order valence-electron chi connectivity index (χ1n) is 12.8. The fourth-order valence-corrected chi connectivity index (χ4v) is 5.27. The van der Waals surface area contributed by atoms with Crippen LogP contribution in [-0.2, 0) is 15.7 Å². The number of alkyl halides is 3. The summed E-state index contributed by atoms with van der Waals surface area (Å²) in [5.74, 6) is -0.419. The Bertz CT molecular complexity index is 1310. The molecule has 0 aliphatic carbocycles. The molecule has 2 fully saturated rings. The Morgan fingerprint density at radius 2 is 1.97 bits per heavy atom. The van der Waals surface area contributed by atoms with Gasteiger partial charge in [0.05, 0.1) is 36.4 Å². The number of aromatic nitrogens is 2. The number of benzene rings is 2. The Balaban J connectivity index is 1.19. The highest BCUT2D eigenvalue weighted by atomic mass is 19.4. The predicted molar refractivity (Wildman–Crippen MR) is 140 cm³/mol. The van der Waals surface area contributed by atoms with Gasteiger partial charge in [0.15, 0.2) is 5.82 Å². The smallest absolute Gasteiger partial charge is 0.371 e. The molecule has 2 aliphatic heterocycles. The number of nitrogens with one attached hydrogen (secondary N) is 3. The van der Waals surface area contributed by atoms with Crippen molar-refractivity contribution < 1.29 is 27.1 Å². The Hall–Kier alpha value is -3.64. The van der Waals surface area contributed by atoms with Crippen LogP contribution in [0.2, 0.25) is 0 Å². The fraction of sp³-hybridized carbons (Fsp3) is 0.407. The molecule has 1 unspecified atom stereocenters. The molecule has 0 saturated carbocycles. The van der Waals surface area contributed by atoms with E-state index in [1.807, 2.05) is 0 Å². The molecule has 3 atom stereocenters. The van der Waals surface area contributed by atoms with Crippen molar-refractivity contribution >= 4 is 28.3 Å². The molecule has 8 nitrogen and oxygen atoms in total. The van der Waals surface area contributed by atoms with Gasteiger partial charge in [-0.25, -0.2) is 4.39 Å². The Labute approximate surface area is 223 Å². The van der Waals surface area contributed by atoms with E-state index in [9.17, 15) is 22.4 Å². The van der Waals surface area contributed by atoms with Gasteiger partial charge in [0.2, 0.25) is 5.91 Å². The summed E-state index contributed by atoms with van der Waals surface area (Å²) >= 11 is 0. The summed E-state index contributed by atoms with van der Waals surface area (Å²) < 4.78 is 58.7. The summed E-state index contributed by atoms with van der Waals surface area (Å²) in [6.07, 6.45) is -2.14. The zero-order valence-electron chi connectivity index (χ0n) is 21.2. The van der Waals surface area contributed by atoms with E-state index in [1.165, 1.54) is 18.2 Å². The number of rotatable bonds is 9. The van der Waals surface area contributed by atoms with Crippen molar-refractivity contribution in [2.45, 2.75) is 30.8 Å². The minimum atomic E-state index is -4.48. The van der Waals surface area contributed by atoms with E-state index >= 15 is 0 Å². The predicted octanol–water partition coefficient (Wildman–Crippen LogP) is 3.78. The van der Waals surface area contributed by atoms with Gasteiger partial charge in [0.1, 0.15) is 5.82 Å². The molecule has 0 spiro atoms. The summed E-state index contributed by atoms with van der Waals surface area (Å²) in [7, 11) is 0. The number of halogens is 4. The van der Waals surface area contributed by atoms with Crippen LogP contribution in [0.25, 0.3) is 10.9 Å². The van der Waals surface area contributed by atoms with Crippen LogP contribution in [0.4, 0.5) is 29.1 Å². The zero-order chi connectivity index (χ0) is 27.6. The highest BCUT2D eigenvalue weighted by Crippen LogP contribution is 2.33.